The Kier molecular flexibility index (Phi) is 2.93. The van der Waals surface area contributed by atoms with Gasteiger partial charge in [-0.2, -0.15) is 0 Å². The molecule has 0 atom stereocenters. The molecule has 0 amide bonds. The largest absolute Gasteiger partial charge is 0.326 e. The van der Waals surface area contributed by atoms with Crippen LogP contribution in [0, 0.1) is 0 Å². The van der Waals surface area contributed by atoms with Gasteiger partial charge < -0.3 is 10.6 Å². The lowest BCUT2D eigenvalue weighted by Crippen LogP contribution is -2.30. The van der Waals surface area contributed by atoms with Gasteiger partial charge in [0.05, 0.1) is 0 Å². The van der Waals surface area contributed by atoms with Gasteiger partial charge in [-0.05, 0) is 49.9 Å². The number of rotatable bonds is 4. The van der Waals surface area contributed by atoms with Gasteiger partial charge in [0, 0.05) is 18.5 Å². The fourth-order valence-corrected chi connectivity index (χ4v) is 3.09. The van der Waals surface area contributed by atoms with Gasteiger partial charge in [-0.3, -0.25) is 0 Å². The molecule has 2 nitrogen and oxygen atoms in total. The van der Waals surface area contributed by atoms with Gasteiger partial charge in [0.1, 0.15) is 0 Å². The molecule has 0 aromatic heterocycles. The second-order valence-corrected chi connectivity index (χ2v) is 5.67. The predicted molar refractivity (Wildman–Crippen MR) is 70.9 cm³/mol. The molecule has 2 heteroatoms. The van der Waals surface area contributed by atoms with E-state index in [2.05, 4.69) is 29.2 Å². The topological polar surface area (TPSA) is 29.3 Å². The highest BCUT2D eigenvalue weighted by molar-refractivity contribution is 5.35. The van der Waals surface area contributed by atoms with E-state index in [4.69, 9.17) is 5.73 Å². The van der Waals surface area contributed by atoms with Crippen LogP contribution < -0.4 is 5.73 Å². The molecule has 1 aromatic carbocycles. The standard InChI is InChI=1S/C15H22N2/c16-11-13-4-3-5-14(10-13)15(6-7-15)12-17-8-1-2-9-17/h3-5,10H,1-2,6-9,11-12,16H2. The third-order valence-electron chi connectivity index (χ3n) is 4.35. The molecule has 92 valence electrons. The van der Waals surface area contributed by atoms with Crippen molar-refractivity contribution in [1.29, 1.82) is 0 Å². The van der Waals surface area contributed by atoms with Crippen molar-refractivity contribution in [2.24, 2.45) is 5.73 Å². The fraction of sp³-hybridized carbons (Fsp3) is 0.600. The van der Waals surface area contributed by atoms with Crippen molar-refractivity contribution in [1.82, 2.24) is 4.90 Å². The molecule has 3 rings (SSSR count). The van der Waals surface area contributed by atoms with Crippen LogP contribution in [-0.4, -0.2) is 24.5 Å². The Labute approximate surface area is 104 Å². The molecule has 1 aromatic rings. The van der Waals surface area contributed by atoms with E-state index >= 15 is 0 Å². The lowest BCUT2D eigenvalue weighted by molar-refractivity contribution is 0.305. The number of hydrogen-bond acceptors (Lipinski definition) is 2. The number of benzene rings is 1. The molecule has 0 radical (unpaired) electrons. The van der Waals surface area contributed by atoms with Gasteiger partial charge in [-0.1, -0.05) is 24.3 Å². The van der Waals surface area contributed by atoms with Crippen LogP contribution >= 0.6 is 0 Å². The third-order valence-corrected chi connectivity index (χ3v) is 4.35. The summed E-state index contributed by atoms with van der Waals surface area (Å²) in [5.74, 6) is 0. The first kappa shape index (κ1) is 11.2. The number of hydrogen-bond donors (Lipinski definition) is 1. The summed E-state index contributed by atoms with van der Waals surface area (Å²) in [6.45, 7) is 4.53. The molecule has 1 heterocycles. The summed E-state index contributed by atoms with van der Waals surface area (Å²) in [4.78, 5) is 2.64. The van der Waals surface area contributed by atoms with E-state index < -0.39 is 0 Å². The van der Waals surface area contributed by atoms with Crippen molar-refractivity contribution in [3.8, 4) is 0 Å². The Morgan fingerprint density at radius 1 is 1.18 bits per heavy atom. The van der Waals surface area contributed by atoms with Crippen LogP contribution in [0.25, 0.3) is 0 Å². The monoisotopic (exact) mass is 230 g/mol. The Bertz CT molecular complexity index is 390. The Morgan fingerprint density at radius 2 is 1.94 bits per heavy atom. The minimum atomic E-state index is 0.468. The minimum absolute atomic E-state index is 0.468. The highest BCUT2D eigenvalue weighted by Crippen LogP contribution is 2.49. The number of nitrogens with zero attached hydrogens (tertiary/aromatic N) is 1. The first-order valence-electron chi connectivity index (χ1n) is 6.84. The van der Waals surface area contributed by atoms with Crippen molar-refractivity contribution in [3.63, 3.8) is 0 Å². The summed E-state index contributed by atoms with van der Waals surface area (Å²) in [6, 6.07) is 8.92. The van der Waals surface area contributed by atoms with Gasteiger partial charge in [0.15, 0.2) is 0 Å². The molecule has 0 unspecified atom stereocenters. The second kappa shape index (κ2) is 4.43. The zero-order valence-electron chi connectivity index (χ0n) is 10.5. The molecule has 17 heavy (non-hydrogen) atoms. The van der Waals surface area contributed by atoms with Crippen LogP contribution in [0.1, 0.15) is 36.8 Å². The van der Waals surface area contributed by atoms with Gasteiger partial charge >= 0.3 is 0 Å². The lowest BCUT2D eigenvalue weighted by atomic mass is 9.94. The summed E-state index contributed by atoms with van der Waals surface area (Å²) in [6.07, 6.45) is 5.49. The number of likely N-dealkylation sites (tertiary alicyclic amines) is 1. The molecule has 1 saturated heterocycles. The second-order valence-electron chi connectivity index (χ2n) is 5.67. The van der Waals surface area contributed by atoms with Crippen LogP contribution in [0.15, 0.2) is 24.3 Å². The first-order valence-corrected chi connectivity index (χ1v) is 6.84. The predicted octanol–water partition coefficient (Wildman–Crippen LogP) is 2.27. The smallest absolute Gasteiger partial charge is 0.0178 e. The summed E-state index contributed by atoms with van der Waals surface area (Å²) in [5.41, 5.74) is 9.00. The van der Waals surface area contributed by atoms with E-state index in [1.165, 1.54) is 56.4 Å². The quantitative estimate of drug-likeness (QED) is 0.860. The Balaban J connectivity index is 1.76. The normalized spacial score (nSPS) is 22.9. The van der Waals surface area contributed by atoms with Gasteiger partial charge in [-0.25, -0.2) is 0 Å². The van der Waals surface area contributed by atoms with E-state index in [1.54, 1.807) is 0 Å². The zero-order valence-corrected chi connectivity index (χ0v) is 10.5. The van der Waals surface area contributed by atoms with Crippen molar-refractivity contribution in [2.45, 2.75) is 37.6 Å². The summed E-state index contributed by atoms with van der Waals surface area (Å²) < 4.78 is 0. The third kappa shape index (κ3) is 2.24. The maximum absolute atomic E-state index is 5.74. The van der Waals surface area contributed by atoms with Crippen molar-refractivity contribution in [2.75, 3.05) is 19.6 Å². The van der Waals surface area contributed by atoms with E-state index in [9.17, 15) is 0 Å². The highest BCUT2D eigenvalue weighted by atomic mass is 15.1. The van der Waals surface area contributed by atoms with Crippen LogP contribution in [0.3, 0.4) is 0 Å². The van der Waals surface area contributed by atoms with E-state index in [0.717, 1.165) is 0 Å². The van der Waals surface area contributed by atoms with E-state index in [0.29, 0.717) is 12.0 Å². The average molecular weight is 230 g/mol. The minimum Gasteiger partial charge on any atom is -0.326 e. The first-order chi connectivity index (χ1) is 8.32. The maximum Gasteiger partial charge on any atom is 0.0178 e. The highest BCUT2D eigenvalue weighted by Gasteiger charge is 2.45. The summed E-state index contributed by atoms with van der Waals surface area (Å²) in [7, 11) is 0. The van der Waals surface area contributed by atoms with Crippen LogP contribution in [-0.2, 0) is 12.0 Å². The molecular formula is C15H22N2. The summed E-state index contributed by atoms with van der Waals surface area (Å²) in [5, 5.41) is 0. The van der Waals surface area contributed by atoms with Gasteiger partial charge in [0.25, 0.3) is 0 Å². The molecule has 2 N–H and O–H groups in total. The van der Waals surface area contributed by atoms with Crippen LogP contribution in [0.4, 0.5) is 0 Å². The van der Waals surface area contributed by atoms with Crippen LogP contribution in [0.5, 0.6) is 0 Å². The molecular weight excluding hydrogens is 208 g/mol. The summed E-state index contributed by atoms with van der Waals surface area (Å²) >= 11 is 0. The Morgan fingerprint density at radius 3 is 2.59 bits per heavy atom. The molecule has 1 aliphatic heterocycles. The fourth-order valence-electron chi connectivity index (χ4n) is 3.09. The molecule has 0 bridgehead atoms. The lowest BCUT2D eigenvalue weighted by Gasteiger charge is -2.23. The van der Waals surface area contributed by atoms with E-state index in [-0.39, 0.29) is 0 Å². The average Bonchev–Trinajstić information content (AvgIpc) is 2.97. The SMILES string of the molecule is NCc1cccc(C2(CN3CCCC3)CC2)c1. The Hall–Kier alpha value is -0.860. The number of nitrogens with two attached hydrogens (primary N) is 1. The maximum atomic E-state index is 5.74. The zero-order chi connectivity index (χ0) is 11.7. The van der Waals surface area contributed by atoms with Gasteiger partial charge in [-0.15, -0.1) is 0 Å². The van der Waals surface area contributed by atoms with Crippen molar-refractivity contribution >= 4 is 0 Å². The van der Waals surface area contributed by atoms with Crippen LogP contribution in [0.2, 0.25) is 0 Å². The molecule has 1 aliphatic carbocycles. The molecule has 2 aliphatic rings. The molecule has 2 fully saturated rings. The van der Waals surface area contributed by atoms with E-state index in [1.807, 2.05) is 0 Å². The van der Waals surface area contributed by atoms with Crippen molar-refractivity contribution in [3.05, 3.63) is 35.4 Å². The molecule has 1 saturated carbocycles. The molecule has 0 spiro atoms. The van der Waals surface area contributed by atoms with Gasteiger partial charge in [0.2, 0.25) is 0 Å². The van der Waals surface area contributed by atoms with Crippen molar-refractivity contribution < 1.29 is 0 Å².